The molecule has 0 aliphatic rings. The quantitative estimate of drug-likeness (QED) is 0.855. The minimum atomic E-state index is -0.170. The molecule has 0 radical (unpaired) electrons. The summed E-state index contributed by atoms with van der Waals surface area (Å²) in [6, 6.07) is 8.30. The van der Waals surface area contributed by atoms with Gasteiger partial charge in [0.25, 0.3) is 5.56 Å². The van der Waals surface area contributed by atoms with Crippen LogP contribution in [0.5, 0.6) is 5.75 Å². The number of hydrogen-bond donors (Lipinski definition) is 2. The van der Waals surface area contributed by atoms with E-state index >= 15 is 0 Å². The lowest BCUT2D eigenvalue weighted by Crippen LogP contribution is -2.23. The van der Waals surface area contributed by atoms with E-state index < -0.39 is 0 Å². The molecule has 0 atom stereocenters. The van der Waals surface area contributed by atoms with E-state index in [9.17, 15) is 9.90 Å². The molecule has 0 saturated heterocycles. The van der Waals surface area contributed by atoms with Crippen molar-refractivity contribution in [3.63, 3.8) is 0 Å². The highest BCUT2D eigenvalue weighted by Gasteiger charge is 2.01. The maximum absolute atomic E-state index is 11.8. The summed E-state index contributed by atoms with van der Waals surface area (Å²) in [7, 11) is 0. The number of hydrogen-bond acceptors (Lipinski definition) is 4. The zero-order chi connectivity index (χ0) is 13.0. The Morgan fingerprint density at radius 2 is 2.22 bits per heavy atom. The summed E-state index contributed by atoms with van der Waals surface area (Å²) in [4.78, 5) is 11.8. The number of phenols is 1. The van der Waals surface area contributed by atoms with E-state index in [1.807, 2.05) is 13.0 Å². The second kappa shape index (κ2) is 5.35. The fourth-order valence-corrected chi connectivity index (χ4v) is 1.68. The van der Waals surface area contributed by atoms with Gasteiger partial charge in [0.15, 0.2) is 0 Å². The molecule has 1 aromatic heterocycles. The predicted octanol–water partition coefficient (Wildman–Crippen LogP) is 1.43. The standard InChI is InChI=1S/C13H15N3O2/c1-2-14-11-7-13(18)16(15-8-11)9-10-4-3-5-12(17)6-10/h3-8,14,17H,2,9H2,1H3. The van der Waals surface area contributed by atoms with Crippen molar-refractivity contribution < 1.29 is 5.11 Å². The number of benzene rings is 1. The molecule has 1 heterocycles. The van der Waals surface area contributed by atoms with Crippen molar-refractivity contribution in [3.8, 4) is 5.75 Å². The van der Waals surface area contributed by atoms with E-state index in [4.69, 9.17) is 0 Å². The molecular weight excluding hydrogens is 230 g/mol. The molecule has 0 aliphatic carbocycles. The molecule has 2 rings (SSSR count). The van der Waals surface area contributed by atoms with E-state index in [1.54, 1.807) is 24.4 Å². The first-order chi connectivity index (χ1) is 8.69. The van der Waals surface area contributed by atoms with Gasteiger partial charge in [-0.1, -0.05) is 12.1 Å². The van der Waals surface area contributed by atoms with Crippen molar-refractivity contribution in [3.05, 3.63) is 52.4 Å². The lowest BCUT2D eigenvalue weighted by atomic mass is 10.2. The van der Waals surface area contributed by atoms with Crippen LogP contribution in [0.25, 0.3) is 0 Å². The molecule has 2 aromatic rings. The van der Waals surface area contributed by atoms with Gasteiger partial charge in [-0.3, -0.25) is 4.79 Å². The molecule has 0 spiro atoms. The minimum absolute atomic E-state index is 0.170. The molecule has 0 fully saturated rings. The Labute approximate surface area is 105 Å². The maximum Gasteiger partial charge on any atom is 0.269 e. The first-order valence-corrected chi connectivity index (χ1v) is 5.78. The van der Waals surface area contributed by atoms with E-state index in [1.165, 1.54) is 10.7 Å². The zero-order valence-electron chi connectivity index (χ0n) is 10.1. The summed E-state index contributed by atoms with van der Waals surface area (Å²) >= 11 is 0. The third-order valence-corrected chi connectivity index (χ3v) is 2.49. The first-order valence-electron chi connectivity index (χ1n) is 5.78. The van der Waals surface area contributed by atoms with Crippen LogP contribution in [0.3, 0.4) is 0 Å². The average Bonchev–Trinajstić information content (AvgIpc) is 2.33. The van der Waals surface area contributed by atoms with Crippen molar-refractivity contribution in [2.75, 3.05) is 11.9 Å². The molecule has 1 aromatic carbocycles. The van der Waals surface area contributed by atoms with Crippen molar-refractivity contribution in [1.82, 2.24) is 9.78 Å². The van der Waals surface area contributed by atoms with Crippen molar-refractivity contribution >= 4 is 5.69 Å². The first kappa shape index (κ1) is 12.2. The topological polar surface area (TPSA) is 67.2 Å². The van der Waals surface area contributed by atoms with E-state index in [-0.39, 0.29) is 11.3 Å². The molecular formula is C13H15N3O2. The molecule has 5 nitrogen and oxygen atoms in total. The van der Waals surface area contributed by atoms with Gasteiger partial charge >= 0.3 is 0 Å². The van der Waals surface area contributed by atoms with Gasteiger partial charge in [-0.05, 0) is 24.6 Å². The predicted molar refractivity (Wildman–Crippen MR) is 69.9 cm³/mol. The van der Waals surface area contributed by atoms with Crippen molar-refractivity contribution in [2.24, 2.45) is 0 Å². The average molecular weight is 245 g/mol. The van der Waals surface area contributed by atoms with Crippen molar-refractivity contribution in [1.29, 1.82) is 0 Å². The van der Waals surface area contributed by atoms with Crippen LogP contribution < -0.4 is 10.9 Å². The van der Waals surface area contributed by atoms with Gasteiger partial charge in [-0.15, -0.1) is 0 Å². The molecule has 5 heteroatoms. The maximum atomic E-state index is 11.8. The third kappa shape index (κ3) is 2.88. The number of aromatic hydroxyl groups is 1. The van der Waals surface area contributed by atoms with Crippen LogP contribution in [0, 0.1) is 0 Å². The Balaban J connectivity index is 2.22. The Morgan fingerprint density at radius 1 is 1.39 bits per heavy atom. The highest BCUT2D eigenvalue weighted by Crippen LogP contribution is 2.11. The van der Waals surface area contributed by atoms with Crippen LogP contribution in [0.15, 0.2) is 41.3 Å². The molecule has 18 heavy (non-hydrogen) atoms. The molecule has 94 valence electrons. The largest absolute Gasteiger partial charge is 0.508 e. The molecule has 2 N–H and O–H groups in total. The van der Waals surface area contributed by atoms with Gasteiger partial charge in [-0.2, -0.15) is 5.10 Å². The number of rotatable bonds is 4. The lowest BCUT2D eigenvalue weighted by Gasteiger charge is -2.07. The van der Waals surface area contributed by atoms with E-state index in [0.29, 0.717) is 6.54 Å². The minimum Gasteiger partial charge on any atom is -0.508 e. The highest BCUT2D eigenvalue weighted by molar-refractivity contribution is 5.38. The van der Waals surface area contributed by atoms with Gasteiger partial charge in [0, 0.05) is 12.6 Å². The van der Waals surface area contributed by atoms with Crippen LogP contribution in [-0.2, 0) is 6.54 Å². The number of nitrogens with zero attached hydrogens (tertiary/aromatic N) is 2. The summed E-state index contributed by atoms with van der Waals surface area (Å²) in [6.45, 7) is 3.05. The van der Waals surface area contributed by atoms with Gasteiger partial charge in [-0.25, -0.2) is 4.68 Å². The van der Waals surface area contributed by atoms with Crippen LogP contribution >= 0.6 is 0 Å². The summed E-state index contributed by atoms with van der Waals surface area (Å²) in [5.41, 5.74) is 1.38. The molecule has 0 bridgehead atoms. The molecule has 0 amide bonds. The second-order valence-electron chi connectivity index (χ2n) is 3.94. The van der Waals surface area contributed by atoms with Gasteiger partial charge in [0.1, 0.15) is 5.75 Å². The second-order valence-corrected chi connectivity index (χ2v) is 3.94. The van der Waals surface area contributed by atoms with E-state index in [2.05, 4.69) is 10.4 Å². The monoisotopic (exact) mass is 245 g/mol. The van der Waals surface area contributed by atoms with Crippen LogP contribution in [0.4, 0.5) is 5.69 Å². The fraction of sp³-hybridized carbons (Fsp3) is 0.231. The number of aromatic nitrogens is 2. The number of phenolic OH excluding ortho intramolecular Hbond substituents is 1. The molecule has 0 saturated carbocycles. The smallest absolute Gasteiger partial charge is 0.269 e. The normalized spacial score (nSPS) is 10.3. The van der Waals surface area contributed by atoms with Crippen LogP contribution in [0.2, 0.25) is 0 Å². The Bertz CT molecular complexity index is 593. The number of anilines is 1. The fourth-order valence-electron chi connectivity index (χ4n) is 1.68. The Morgan fingerprint density at radius 3 is 2.89 bits per heavy atom. The summed E-state index contributed by atoms with van der Waals surface area (Å²) in [5.74, 6) is 0.185. The lowest BCUT2D eigenvalue weighted by molar-refractivity contribution is 0.474. The summed E-state index contributed by atoms with van der Waals surface area (Å²) in [6.07, 6.45) is 1.62. The van der Waals surface area contributed by atoms with Crippen molar-refractivity contribution in [2.45, 2.75) is 13.5 Å². The number of nitrogens with one attached hydrogen (secondary N) is 1. The Hall–Kier alpha value is -2.30. The Kier molecular flexibility index (Phi) is 3.62. The van der Waals surface area contributed by atoms with Crippen LogP contribution in [0.1, 0.15) is 12.5 Å². The van der Waals surface area contributed by atoms with E-state index in [0.717, 1.165) is 17.8 Å². The SMILES string of the molecule is CCNc1cnn(Cc2cccc(O)c2)c(=O)c1. The van der Waals surface area contributed by atoms with Crippen LogP contribution in [-0.4, -0.2) is 21.4 Å². The van der Waals surface area contributed by atoms with Gasteiger partial charge in [0.05, 0.1) is 18.4 Å². The summed E-state index contributed by atoms with van der Waals surface area (Å²) in [5, 5.41) is 16.5. The van der Waals surface area contributed by atoms with Gasteiger partial charge < -0.3 is 10.4 Å². The van der Waals surface area contributed by atoms with Gasteiger partial charge in [0.2, 0.25) is 0 Å². The summed E-state index contributed by atoms with van der Waals surface area (Å²) < 4.78 is 1.36. The zero-order valence-corrected chi connectivity index (χ0v) is 10.1. The highest BCUT2D eigenvalue weighted by atomic mass is 16.3. The molecule has 0 unspecified atom stereocenters. The molecule has 0 aliphatic heterocycles. The third-order valence-electron chi connectivity index (χ3n) is 2.49.